The first-order chi connectivity index (χ1) is 36.3. The Kier molecular flexibility index (Phi) is 21.3. The highest BCUT2D eigenvalue weighted by atomic mass is 32.2. The number of thiol groups is 1. The number of aliphatic hydroxyl groups is 3. The van der Waals surface area contributed by atoms with Crippen molar-refractivity contribution in [2.24, 2.45) is 17.6 Å². The monoisotopic (exact) mass is 1130 g/mol. The number of carbonyl (C=O) groups excluding carboxylic acids is 9. The number of phenols is 1. The number of aliphatic hydroxyl groups excluding tert-OH is 3. The van der Waals surface area contributed by atoms with E-state index < -0.39 is 162 Å². The van der Waals surface area contributed by atoms with E-state index in [-0.39, 0.29) is 43.7 Å². The number of phenolic OH excluding ortho intramolecular Hbond substituents is 1. The summed E-state index contributed by atoms with van der Waals surface area (Å²) in [6, 6.07) is -5.73. The van der Waals surface area contributed by atoms with Gasteiger partial charge >= 0.3 is 6.09 Å². The number of aromatic hydroxyl groups is 1. The van der Waals surface area contributed by atoms with Crippen LogP contribution in [-0.2, 0) is 49.5 Å². The third-order valence-electron chi connectivity index (χ3n) is 14.7. The minimum atomic E-state index is -1.86. The maximum absolute atomic E-state index is 15.0. The van der Waals surface area contributed by atoms with Crippen LogP contribution in [0.2, 0.25) is 0 Å². The topological polar surface area (TPSA) is 385 Å². The van der Waals surface area contributed by atoms with E-state index in [1.54, 1.807) is 68.4 Å². The van der Waals surface area contributed by atoms with Gasteiger partial charge in [-0.15, -0.1) is 11.8 Å². The molecule has 0 radical (unpaired) electrons. The van der Waals surface area contributed by atoms with Gasteiger partial charge in [-0.2, -0.15) is 12.6 Å². The van der Waals surface area contributed by atoms with Gasteiger partial charge in [-0.3, -0.25) is 43.3 Å². The van der Waals surface area contributed by atoms with Crippen molar-refractivity contribution in [3.05, 3.63) is 23.8 Å². The van der Waals surface area contributed by atoms with E-state index in [0.29, 0.717) is 27.9 Å². The highest BCUT2D eigenvalue weighted by molar-refractivity contribution is 7.99. The predicted octanol–water partition coefficient (Wildman–Crippen LogP) is -1.32. The Morgan fingerprint density at radius 2 is 1.50 bits per heavy atom. The number of carbonyl (C=O) groups is 9. The van der Waals surface area contributed by atoms with E-state index >= 15 is 0 Å². The van der Waals surface area contributed by atoms with E-state index in [0.717, 1.165) is 11.8 Å². The molecule has 0 saturated carbocycles. The molecule has 1 fully saturated rings. The fraction of sp³-hybridized carbons (Fsp3) is 0.667. The molecule has 9 unspecified atom stereocenters. The Labute approximate surface area is 463 Å². The molecule has 2 aromatic rings. The molecule has 1 saturated heterocycles. The zero-order chi connectivity index (χ0) is 58.2. The predicted molar refractivity (Wildman–Crippen MR) is 291 cm³/mol. The average molecular weight is 1130 g/mol. The number of fused-ring (bicyclic) bond motifs is 5. The molecule has 5 rings (SSSR count). The molecule has 4 heterocycles. The van der Waals surface area contributed by atoms with Gasteiger partial charge in [-0.1, -0.05) is 27.2 Å². The third kappa shape index (κ3) is 16.4. The van der Waals surface area contributed by atoms with Crippen molar-refractivity contribution in [2.45, 2.75) is 176 Å². The molecular formula is C51H79N11O14S2. The molecule has 9 amide bonds. The van der Waals surface area contributed by atoms with Crippen LogP contribution in [0.3, 0.4) is 0 Å². The number of primary amides is 1. The first-order valence-corrected chi connectivity index (χ1v) is 27.5. The lowest BCUT2D eigenvalue weighted by Gasteiger charge is -2.47. The molecule has 2 bridgehead atoms. The Morgan fingerprint density at radius 1 is 0.859 bits per heavy atom. The summed E-state index contributed by atoms with van der Waals surface area (Å²) >= 11 is 6.02. The number of aromatic amines is 1. The fourth-order valence-electron chi connectivity index (χ4n) is 9.67. The first-order valence-electron chi connectivity index (χ1n) is 26.1. The Hall–Kier alpha value is -5.87. The van der Waals surface area contributed by atoms with Gasteiger partial charge in [0.15, 0.2) is 0 Å². The van der Waals surface area contributed by atoms with Crippen LogP contribution in [0.4, 0.5) is 4.79 Å². The van der Waals surface area contributed by atoms with Crippen LogP contribution in [0.5, 0.6) is 5.75 Å². The van der Waals surface area contributed by atoms with Crippen LogP contribution in [-0.4, -0.2) is 186 Å². The zero-order valence-corrected chi connectivity index (χ0v) is 47.3. The van der Waals surface area contributed by atoms with Gasteiger partial charge in [0.2, 0.25) is 47.3 Å². The third-order valence-corrected chi connectivity index (χ3v) is 16.6. The number of benzene rings is 1. The highest BCUT2D eigenvalue weighted by Gasteiger charge is 2.51. The molecule has 3 aliphatic heterocycles. The van der Waals surface area contributed by atoms with Crippen LogP contribution in [0.1, 0.15) is 100.0 Å². The lowest BCUT2D eigenvalue weighted by Crippen LogP contribution is -2.65. The second-order valence-electron chi connectivity index (χ2n) is 22.4. The van der Waals surface area contributed by atoms with Gasteiger partial charge in [0, 0.05) is 54.0 Å². The number of hydrogen-bond acceptors (Lipinski definition) is 17. The van der Waals surface area contributed by atoms with Crippen molar-refractivity contribution in [3.63, 3.8) is 0 Å². The molecule has 25 nitrogen and oxygen atoms in total. The number of amides is 9. The molecule has 15 N–H and O–H groups in total. The zero-order valence-electron chi connectivity index (χ0n) is 45.6. The lowest BCUT2D eigenvalue weighted by molar-refractivity contribution is -0.136. The summed E-state index contributed by atoms with van der Waals surface area (Å²) in [7, 11) is 0. The van der Waals surface area contributed by atoms with Crippen molar-refractivity contribution in [3.8, 4) is 5.75 Å². The Balaban J connectivity index is 1.76. The van der Waals surface area contributed by atoms with Crippen molar-refractivity contribution in [1.82, 2.24) is 52.4 Å². The van der Waals surface area contributed by atoms with Crippen LogP contribution < -0.4 is 48.3 Å². The molecule has 434 valence electrons. The number of H-pyrrole nitrogens is 1. The fourth-order valence-corrected chi connectivity index (χ4v) is 11.0. The summed E-state index contributed by atoms with van der Waals surface area (Å²) in [5.41, 5.74) is 4.35. The van der Waals surface area contributed by atoms with E-state index in [1.165, 1.54) is 17.0 Å². The normalized spacial score (nSPS) is 27.6. The molecule has 0 spiro atoms. The van der Waals surface area contributed by atoms with E-state index in [1.807, 2.05) is 0 Å². The summed E-state index contributed by atoms with van der Waals surface area (Å²) in [5.74, 6) is -8.73. The molecular weight excluding hydrogens is 1050 g/mol. The number of nitrogens with one attached hydrogen (secondary N) is 9. The molecule has 1 aromatic carbocycles. The largest absolute Gasteiger partial charge is 0.508 e. The average Bonchev–Trinajstić information content (AvgIpc) is 3.91. The number of thioether (sulfide) groups is 1. The van der Waals surface area contributed by atoms with Crippen LogP contribution >= 0.6 is 24.4 Å². The van der Waals surface area contributed by atoms with Gasteiger partial charge in [0.25, 0.3) is 0 Å². The SMILES string of the molecule is CCC(C)C1NC(=O)CNC(=O)C2Cc3c([nH]c4cc(O)ccc34)SC[C@H](NC(=O)CNC1=O)C(=O)NC(CC(N)=O)C(O)C(CC(C)(S)C(C)(C)NC(=O)OC(C)(C)C)N1C[C@H](O)CC1C(=O)NC([C@@H](C)CCO)C(=O)N2. The molecule has 12 atom stereocenters. The highest BCUT2D eigenvalue weighted by Crippen LogP contribution is 2.39. The minimum Gasteiger partial charge on any atom is -0.508 e. The van der Waals surface area contributed by atoms with Gasteiger partial charge in [-0.25, -0.2) is 4.79 Å². The second kappa shape index (κ2) is 26.4. The first kappa shape index (κ1) is 63.0. The number of rotatable bonds is 11. The Morgan fingerprint density at radius 3 is 2.13 bits per heavy atom. The number of nitrogens with two attached hydrogens (primary N) is 1. The summed E-state index contributed by atoms with van der Waals surface area (Å²) in [5, 5.41) is 67.0. The molecule has 0 aliphatic carbocycles. The summed E-state index contributed by atoms with van der Waals surface area (Å²) < 4.78 is 4.17. The lowest BCUT2D eigenvalue weighted by atomic mass is 9.80. The standard InChI is InChI=1S/C51H79N11O14S2/c1-10-24(2)39-45(73)54-20-37(67)55-33-23-78-47-29(28-12-11-26(64)15-30(28)58-47)17-32(42(70)53-21-38(68)59-39)57-46(74)40(25(3)13-14-63)60-44(72)34-16-27(65)22-62(34)35(41(69)31(18-36(52)66)56-43(33)71)19-51(9,77)50(7,8)61-48(75)76-49(4,5)6/h11-12,15,24-25,27,31-35,39-41,58,63-65,69,77H,10,13-14,16-23H2,1-9H3,(H2,52,66)(H,53,70)(H,54,73)(H,55,67)(H,56,71)(H,57,74)(H,59,68)(H,60,72)(H,61,75)/t24?,25-,27+,31?,32?,33-,34?,35?,39?,40?,41?,51?/m0/s1. The van der Waals surface area contributed by atoms with Crippen LogP contribution in [0, 0.1) is 11.8 Å². The number of nitrogens with zero attached hydrogens (tertiary/aromatic N) is 1. The van der Waals surface area contributed by atoms with Gasteiger partial charge in [0.05, 0.1) is 53.5 Å². The van der Waals surface area contributed by atoms with E-state index in [4.69, 9.17) is 23.1 Å². The maximum atomic E-state index is 15.0. The van der Waals surface area contributed by atoms with Gasteiger partial charge in [0.1, 0.15) is 35.5 Å². The Bertz CT molecular complexity index is 2560. The summed E-state index contributed by atoms with van der Waals surface area (Å²) in [4.78, 5) is 131. The molecule has 3 aliphatic rings. The minimum absolute atomic E-state index is 0.0324. The van der Waals surface area contributed by atoms with E-state index in [2.05, 4.69) is 47.5 Å². The number of hydrogen-bond donors (Lipinski definition) is 15. The van der Waals surface area contributed by atoms with E-state index in [9.17, 15) is 63.6 Å². The smallest absolute Gasteiger partial charge is 0.408 e. The molecule has 27 heteroatoms. The number of ether oxygens (including phenoxy) is 1. The van der Waals surface area contributed by atoms with Crippen molar-refractivity contribution in [2.75, 3.05) is 32.0 Å². The van der Waals surface area contributed by atoms with Crippen molar-refractivity contribution >= 4 is 88.6 Å². The maximum Gasteiger partial charge on any atom is 0.408 e. The van der Waals surface area contributed by atoms with Crippen molar-refractivity contribution < 1.29 is 68.3 Å². The summed E-state index contributed by atoms with van der Waals surface area (Å²) in [6.07, 6.45) is -5.10. The summed E-state index contributed by atoms with van der Waals surface area (Å²) in [6.45, 7) is 12.9. The van der Waals surface area contributed by atoms with Gasteiger partial charge < -0.3 is 78.4 Å². The van der Waals surface area contributed by atoms with Crippen molar-refractivity contribution in [1.29, 1.82) is 0 Å². The van der Waals surface area contributed by atoms with Crippen LogP contribution in [0.25, 0.3) is 10.9 Å². The van der Waals surface area contributed by atoms with Crippen LogP contribution in [0.15, 0.2) is 23.2 Å². The number of aromatic nitrogens is 1. The quantitative estimate of drug-likeness (QED) is 0.116. The molecule has 78 heavy (non-hydrogen) atoms. The van der Waals surface area contributed by atoms with Gasteiger partial charge in [-0.05, 0) is 90.3 Å². The second-order valence-corrected chi connectivity index (χ2v) is 24.4. The molecule has 1 aromatic heterocycles. The number of alkyl carbamates (subject to hydrolysis) is 1.